The van der Waals surface area contributed by atoms with Gasteiger partial charge in [0.05, 0.1) is 32.0 Å². The first-order valence-electron chi connectivity index (χ1n) is 6.10. The lowest BCUT2D eigenvalue weighted by Gasteiger charge is -2.24. The quantitative estimate of drug-likeness (QED) is 0.725. The van der Waals surface area contributed by atoms with Crippen molar-refractivity contribution >= 4 is 11.8 Å². The molecule has 19 heavy (non-hydrogen) atoms. The topological polar surface area (TPSA) is 79.1 Å². The Hall–Kier alpha value is -2.16. The molecule has 1 aromatic heterocycles. The van der Waals surface area contributed by atoms with Crippen LogP contribution in [0, 0.1) is 17.2 Å². The van der Waals surface area contributed by atoms with Gasteiger partial charge >= 0.3 is 5.97 Å². The summed E-state index contributed by atoms with van der Waals surface area (Å²) < 4.78 is 4.62. The monoisotopic (exact) mass is 262 g/mol. The molecule has 0 saturated heterocycles. The standard InChI is InChI=1S/C13H18N4O2/c1-10(2)9-17(6-4-5-14)12-8-15-7-11(16-12)13(18)19-3/h7-8,10H,4,6,9H2,1-3H3. The summed E-state index contributed by atoms with van der Waals surface area (Å²) in [5, 5.41) is 8.69. The zero-order valence-corrected chi connectivity index (χ0v) is 11.5. The van der Waals surface area contributed by atoms with Crippen LogP contribution < -0.4 is 4.90 Å². The lowest BCUT2D eigenvalue weighted by atomic mass is 10.2. The molecule has 1 aromatic rings. The maximum atomic E-state index is 11.4. The average Bonchev–Trinajstić information content (AvgIpc) is 2.42. The Morgan fingerprint density at radius 2 is 2.26 bits per heavy atom. The Morgan fingerprint density at radius 1 is 1.53 bits per heavy atom. The summed E-state index contributed by atoms with van der Waals surface area (Å²) in [6.45, 7) is 5.48. The molecule has 0 aromatic carbocycles. The zero-order valence-electron chi connectivity index (χ0n) is 11.5. The van der Waals surface area contributed by atoms with Crippen LogP contribution >= 0.6 is 0 Å². The summed E-state index contributed by atoms with van der Waals surface area (Å²) in [4.78, 5) is 21.6. The fraction of sp³-hybridized carbons (Fsp3) is 0.538. The van der Waals surface area contributed by atoms with Crippen molar-refractivity contribution in [2.75, 3.05) is 25.1 Å². The van der Waals surface area contributed by atoms with Crippen LogP contribution in [-0.4, -0.2) is 36.1 Å². The van der Waals surface area contributed by atoms with E-state index in [1.54, 1.807) is 6.20 Å². The zero-order chi connectivity index (χ0) is 14.3. The van der Waals surface area contributed by atoms with Gasteiger partial charge < -0.3 is 9.64 Å². The van der Waals surface area contributed by atoms with E-state index in [4.69, 9.17) is 5.26 Å². The number of carbonyl (C=O) groups excluding carboxylic acids is 1. The largest absolute Gasteiger partial charge is 0.464 e. The average molecular weight is 262 g/mol. The Bertz CT molecular complexity index is 468. The molecule has 6 nitrogen and oxygen atoms in total. The number of hydrogen-bond donors (Lipinski definition) is 0. The number of rotatable bonds is 6. The fourth-order valence-corrected chi connectivity index (χ4v) is 1.64. The molecule has 0 N–H and O–H groups in total. The third-order valence-electron chi connectivity index (χ3n) is 2.42. The molecule has 102 valence electrons. The highest BCUT2D eigenvalue weighted by atomic mass is 16.5. The van der Waals surface area contributed by atoms with E-state index < -0.39 is 5.97 Å². The molecule has 0 unspecified atom stereocenters. The number of nitriles is 1. The summed E-state index contributed by atoms with van der Waals surface area (Å²) in [6.07, 6.45) is 3.36. The van der Waals surface area contributed by atoms with Crippen molar-refractivity contribution in [3.05, 3.63) is 18.1 Å². The van der Waals surface area contributed by atoms with Gasteiger partial charge in [0, 0.05) is 13.1 Å². The van der Waals surface area contributed by atoms with Gasteiger partial charge in [0.15, 0.2) is 5.69 Å². The van der Waals surface area contributed by atoms with Crippen molar-refractivity contribution in [3.63, 3.8) is 0 Å². The molecule has 6 heteroatoms. The molecule has 0 aliphatic rings. The first-order valence-corrected chi connectivity index (χ1v) is 6.10. The van der Waals surface area contributed by atoms with Crippen LogP contribution in [0.5, 0.6) is 0 Å². The van der Waals surface area contributed by atoms with Crippen LogP contribution in [0.3, 0.4) is 0 Å². The lowest BCUT2D eigenvalue weighted by Crippen LogP contribution is -2.30. The molecule has 1 rings (SSSR count). The van der Waals surface area contributed by atoms with Gasteiger partial charge in [0.25, 0.3) is 0 Å². The third kappa shape index (κ3) is 4.54. The second-order valence-electron chi connectivity index (χ2n) is 4.50. The minimum atomic E-state index is -0.515. The Balaban J connectivity index is 2.94. The Morgan fingerprint density at radius 3 is 2.84 bits per heavy atom. The summed E-state index contributed by atoms with van der Waals surface area (Å²) in [7, 11) is 1.30. The number of hydrogen-bond acceptors (Lipinski definition) is 6. The minimum absolute atomic E-state index is 0.172. The molecule has 0 spiro atoms. The van der Waals surface area contributed by atoms with Crippen LogP contribution in [0.4, 0.5) is 5.82 Å². The number of methoxy groups -OCH3 is 1. The molecule has 0 saturated carbocycles. The number of ether oxygens (including phenoxy) is 1. The third-order valence-corrected chi connectivity index (χ3v) is 2.42. The van der Waals surface area contributed by atoms with Crippen molar-refractivity contribution < 1.29 is 9.53 Å². The minimum Gasteiger partial charge on any atom is -0.464 e. The predicted molar refractivity (Wildman–Crippen MR) is 70.7 cm³/mol. The number of nitrogens with zero attached hydrogens (tertiary/aromatic N) is 4. The molecular formula is C13H18N4O2. The van der Waals surface area contributed by atoms with Crippen molar-refractivity contribution in [3.8, 4) is 6.07 Å². The second-order valence-corrected chi connectivity index (χ2v) is 4.50. The van der Waals surface area contributed by atoms with E-state index in [1.807, 2.05) is 4.90 Å². The molecule has 1 heterocycles. The van der Waals surface area contributed by atoms with Crippen molar-refractivity contribution in [1.29, 1.82) is 5.26 Å². The molecule has 0 bridgehead atoms. The van der Waals surface area contributed by atoms with Gasteiger partial charge in [-0.15, -0.1) is 0 Å². The molecule has 0 radical (unpaired) electrons. The molecule has 0 aliphatic heterocycles. The van der Waals surface area contributed by atoms with Gasteiger partial charge in [0.2, 0.25) is 0 Å². The van der Waals surface area contributed by atoms with E-state index in [0.29, 0.717) is 24.7 Å². The molecular weight excluding hydrogens is 244 g/mol. The van der Waals surface area contributed by atoms with Gasteiger partial charge in [-0.05, 0) is 5.92 Å². The summed E-state index contributed by atoms with van der Waals surface area (Å²) in [6, 6.07) is 2.11. The highest BCUT2D eigenvalue weighted by molar-refractivity contribution is 5.87. The SMILES string of the molecule is COC(=O)c1cncc(N(CCC#N)CC(C)C)n1. The van der Waals surface area contributed by atoms with E-state index in [1.165, 1.54) is 13.3 Å². The normalized spacial score (nSPS) is 10.1. The molecule has 0 aliphatic carbocycles. The predicted octanol–water partition coefficient (Wildman–Crippen LogP) is 1.64. The van der Waals surface area contributed by atoms with Gasteiger partial charge in [-0.3, -0.25) is 4.98 Å². The maximum Gasteiger partial charge on any atom is 0.358 e. The van der Waals surface area contributed by atoms with Gasteiger partial charge in [-0.1, -0.05) is 13.8 Å². The van der Waals surface area contributed by atoms with Gasteiger partial charge in [0.1, 0.15) is 5.82 Å². The van der Waals surface area contributed by atoms with Gasteiger partial charge in [-0.2, -0.15) is 5.26 Å². The van der Waals surface area contributed by atoms with E-state index in [-0.39, 0.29) is 5.69 Å². The smallest absolute Gasteiger partial charge is 0.358 e. The fourth-order valence-electron chi connectivity index (χ4n) is 1.64. The van der Waals surface area contributed by atoms with E-state index in [2.05, 4.69) is 34.6 Å². The molecule has 0 amide bonds. The van der Waals surface area contributed by atoms with E-state index >= 15 is 0 Å². The van der Waals surface area contributed by atoms with Crippen LogP contribution in [0.2, 0.25) is 0 Å². The maximum absolute atomic E-state index is 11.4. The highest BCUT2D eigenvalue weighted by Crippen LogP contribution is 2.13. The van der Waals surface area contributed by atoms with E-state index in [9.17, 15) is 4.79 Å². The number of anilines is 1. The van der Waals surface area contributed by atoms with E-state index in [0.717, 1.165) is 6.54 Å². The highest BCUT2D eigenvalue weighted by Gasteiger charge is 2.14. The number of esters is 1. The Labute approximate surface area is 113 Å². The Kier molecular flexibility index (Phi) is 5.73. The second kappa shape index (κ2) is 7.31. The summed E-state index contributed by atoms with van der Waals surface area (Å²) in [5.74, 6) is 0.494. The van der Waals surface area contributed by atoms with Crippen LogP contribution in [0.15, 0.2) is 12.4 Å². The van der Waals surface area contributed by atoms with Crippen LogP contribution in [0.25, 0.3) is 0 Å². The van der Waals surface area contributed by atoms with Crippen molar-refractivity contribution in [2.45, 2.75) is 20.3 Å². The number of aromatic nitrogens is 2. The number of carbonyl (C=O) groups is 1. The van der Waals surface area contributed by atoms with Gasteiger partial charge in [-0.25, -0.2) is 9.78 Å². The molecule has 0 fully saturated rings. The first-order chi connectivity index (χ1) is 9.08. The van der Waals surface area contributed by atoms with Crippen LogP contribution in [0.1, 0.15) is 30.8 Å². The lowest BCUT2D eigenvalue weighted by molar-refractivity contribution is 0.0593. The first kappa shape index (κ1) is 14.9. The summed E-state index contributed by atoms with van der Waals surface area (Å²) in [5.41, 5.74) is 0.172. The van der Waals surface area contributed by atoms with Crippen molar-refractivity contribution in [2.24, 2.45) is 5.92 Å². The summed E-state index contributed by atoms with van der Waals surface area (Å²) >= 11 is 0. The van der Waals surface area contributed by atoms with Crippen molar-refractivity contribution in [1.82, 2.24) is 9.97 Å². The molecule has 0 atom stereocenters. The van der Waals surface area contributed by atoms with Crippen LogP contribution in [-0.2, 0) is 4.74 Å².